The molecule has 8 nitrogen and oxygen atoms in total. The first-order valence-corrected chi connectivity index (χ1v) is 8.70. The molecule has 0 unspecified atom stereocenters. The minimum Gasteiger partial charge on any atom is -0.458 e. The maximum Gasteiger partial charge on any atom is 0.328 e. The summed E-state index contributed by atoms with van der Waals surface area (Å²) in [6.07, 6.45) is 1.69. The molecular weight excluding hydrogens is 360 g/mol. The fourth-order valence-electron chi connectivity index (χ4n) is 2.55. The SMILES string of the molecule is Cc1ccc2nc(COC(=O)[C@H](C)NC(=O)Nc3ccccc3)cc(=O)n2c1. The predicted octanol–water partition coefficient (Wildman–Crippen LogP) is 2.26. The minimum atomic E-state index is -0.868. The standard InChI is InChI=1S/C20H20N4O4/c1-13-8-9-17-22-16(10-18(25)24(17)11-13)12-28-19(26)14(2)21-20(27)23-15-6-4-3-5-7-15/h3-11,14H,12H2,1-2H3,(H2,21,23,27)/t14-/m0/s1. The summed E-state index contributed by atoms with van der Waals surface area (Å²) in [6.45, 7) is 3.23. The second kappa shape index (κ2) is 8.34. The van der Waals surface area contributed by atoms with Crippen LogP contribution in [0, 0.1) is 6.92 Å². The number of nitrogens with zero attached hydrogens (tertiary/aromatic N) is 2. The molecule has 1 aromatic carbocycles. The van der Waals surface area contributed by atoms with E-state index in [-0.39, 0.29) is 12.2 Å². The van der Waals surface area contributed by atoms with E-state index in [2.05, 4.69) is 15.6 Å². The number of carbonyl (C=O) groups is 2. The Morgan fingerprint density at radius 1 is 1.18 bits per heavy atom. The highest BCUT2D eigenvalue weighted by Gasteiger charge is 2.17. The van der Waals surface area contributed by atoms with Gasteiger partial charge in [-0.05, 0) is 37.6 Å². The Balaban J connectivity index is 1.57. The molecule has 8 heteroatoms. The zero-order valence-electron chi connectivity index (χ0n) is 15.5. The number of hydrogen-bond acceptors (Lipinski definition) is 5. The number of urea groups is 1. The van der Waals surface area contributed by atoms with E-state index < -0.39 is 18.0 Å². The van der Waals surface area contributed by atoms with E-state index in [1.165, 1.54) is 17.4 Å². The van der Waals surface area contributed by atoms with Gasteiger partial charge in [0.2, 0.25) is 0 Å². The summed E-state index contributed by atoms with van der Waals surface area (Å²) in [6, 6.07) is 12.4. The number of pyridine rings is 1. The predicted molar refractivity (Wildman–Crippen MR) is 104 cm³/mol. The van der Waals surface area contributed by atoms with E-state index in [4.69, 9.17) is 4.74 Å². The molecule has 144 valence electrons. The number of aromatic nitrogens is 2. The number of para-hydroxylation sites is 1. The van der Waals surface area contributed by atoms with Crippen LogP contribution in [0.15, 0.2) is 59.5 Å². The van der Waals surface area contributed by atoms with Crippen LogP contribution in [0.2, 0.25) is 0 Å². The normalized spacial score (nSPS) is 11.6. The number of carbonyl (C=O) groups excluding carboxylic acids is 2. The number of amides is 2. The van der Waals surface area contributed by atoms with Gasteiger partial charge in [0.25, 0.3) is 5.56 Å². The number of fused-ring (bicyclic) bond motifs is 1. The van der Waals surface area contributed by atoms with Gasteiger partial charge in [-0.3, -0.25) is 9.20 Å². The number of ether oxygens (including phenoxy) is 1. The topological polar surface area (TPSA) is 102 Å². The molecule has 2 aromatic heterocycles. The third-order valence-electron chi connectivity index (χ3n) is 3.96. The molecule has 0 fully saturated rings. The average Bonchev–Trinajstić information content (AvgIpc) is 2.67. The molecule has 0 spiro atoms. The molecule has 3 rings (SSSR count). The highest BCUT2D eigenvalue weighted by molar-refractivity contribution is 5.92. The summed E-state index contributed by atoms with van der Waals surface area (Å²) in [7, 11) is 0. The summed E-state index contributed by atoms with van der Waals surface area (Å²) in [5, 5.41) is 5.12. The lowest BCUT2D eigenvalue weighted by Gasteiger charge is -2.14. The summed E-state index contributed by atoms with van der Waals surface area (Å²) in [4.78, 5) is 40.5. The van der Waals surface area contributed by atoms with Crippen LogP contribution < -0.4 is 16.2 Å². The first-order chi connectivity index (χ1) is 13.4. The average molecular weight is 380 g/mol. The third-order valence-corrected chi connectivity index (χ3v) is 3.96. The van der Waals surface area contributed by atoms with Crippen LogP contribution in [0.25, 0.3) is 5.65 Å². The van der Waals surface area contributed by atoms with Crippen molar-refractivity contribution < 1.29 is 14.3 Å². The Kier molecular flexibility index (Phi) is 5.69. The Hall–Kier alpha value is -3.68. The van der Waals surface area contributed by atoms with E-state index in [9.17, 15) is 14.4 Å². The molecular formula is C20H20N4O4. The van der Waals surface area contributed by atoms with Gasteiger partial charge in [-0.1, -0.05) is 24.3 Å². The third kappa shape index (κ3) is 4.73. The number of rotatable bonds is 5. The smallest absolute Gasteiger partial charge is 0.328 e. The molecule has 0 aliphatic carbocycles. The molecule has 0 saturated carbocycles. The summed E-state index contributed by atoms with van der Waals surface area (Å²) < 4.78 is 6.61. The number of nitrogens with one attached hydrogen (secondary N) is 2. The van der Waals surface area contributed by atoms with Crippen LogP contribution in [0.5, 0.6) is 0 Å². The monoisotopic (exact) mass is 380 g/mol. The van der Waals surface area contributed by atoms with E-state index in [1.54, 1.807) is 36.5 Å². The summed E-state index contributed by atoms with van der Waals surface area (Å²) >= 11 is 0. The van der Waals surface area contributed by atoms with Crippen LogP contribution >= 0.6 is 0 Å². The van der Waals surface area contributed by atoms with Gasteiger partial charge < -0.3 is 15.4 Å². The van der Waals surface area contributed by atoms with Crippen LogP contribution in [0.1, 0.15) is 18.2 Å². The molecule has 2 amide bonds. The zero-order valence-corrected chi connectivity index (χ0v) is 15.5. The van der Waals surface area contributed by atoms with Gasteiger partial charge in [-0.25, -0.2) is 14.6 Å². The van der Waals surface area contributed by atoms with Gasteiger partial charge in [-0.15, -0.1) is 0 Å². The molecule has 3 aromatic rings. The van der Waals surface area contributed by atoms with E-state index in [1.807, 2.05) is 19.1 Å². The maximum atomic E-state index is 12.2. The van der Waals surface area contributed by atoms with Crippen molar-refractivity contribution in [3.63, 3.8) is 0 Å². The molecule has 2 heterocycles. The van der Waals surface area contributed by atoms with Gasteiger partial charge in [-0.2, -0.15) is 0 Å². The summed E-state index contributed by atoms with van der Waals surface area (Å²) in [5.74, 6) is -0.630. The zero-order chi connectivity index (χ0) is 20.1. The molecule has 0 aliphatic heterocycles. The van der Waals surface area contributed by atoms with Crippen molar-refractivity contribution in [2.75, 3.05) is 5.32 Å². The number of aryl methyl sites for hydroxylation is 1. The summed E-state index contributed by atoms with van der Waals surface area (Å²) in [5.41, 5.74) is 2.09. The molecule has 0 saturated heterocycles. The molecule has 1 atom stereocenters. The van der Waals surface area contributed by atoms with Crippen molar-refractivity contribution in [3.8, 4) is 0 Å². The van der Waals surface area contributed by atoms with Crippen molar-refractivity contribution in [2.45, 2.75) is 26.5 Å². The highest BCUT2D eigenvalue weighted by atomic mass is 16.5. The van der Waals surface area contributed by atoms with Gasteiger partial charge in [0.1, 0.15) is 18.3 Å². The van der Waals surface area contributed by atoms with Crippen molar-refractivity contribution in [2.24, 2.45) is 0 Å². The Morgan fingerprint density at radius 2 is 1.93 bits per heavy atom. The van der Waals surface area contributed by atoms with E-state index in [0.717, 1.165) is 5.56 Å². The molecule has 28 heavy (non-hydrogen) atoms. The second-order valence-corrected chi connectivity index (χ2v) is 6.31. The second-order valence-electron chi connectivity index (χ2n) is 6.31. The van der Waals surface area contributed by atoms with Gasteiger partial charge >= 0.3 is 12.0 Å². The lowest BCUT2D eigenvalue weighted by Crippen LogP contribution is -2.41. The molecule has 0 bridgehead atoms. The van der Waals surface area contributed by atoms with Crippen LogP contribution in [-0.2, 0) is 16.1 Å². The molecule has 0 radical (unpaired) electrons. The molecule has 0 aliphatic rings. The van der Waals surface area contributed by atoms with Crippen molar-refractivity contribution >= 4 is 23.3 Å². The minimum absolute atomic E-state index is 0.162. The number of anilines is 1. The maximum absolute atomic E-state index is 12.2. The van der Waals surface area contributed by atoms with Crippen molar-refractivity contribution in [3.05, 3.63) is 76.3 Å². The quantitative estimate of drug-likeness (QED) is 0.661. The first-order valence-electron chi connectivity index (χ1n) is 8.70. The van der Waals surface area contributed by atoms with E-state index >= 15 is 0 Å². The van der Waals surface area contributed by atoms with Crippen LogP contribution in [0.4, 0.5) is 10.5 Å². The van der Waals surface area contributed by atoms with Crippen molar-refractivity contribution in [1.82, 2.24) is 14.7 Å². The van der Waals surface area contributed by atoms with E-state index in [0.29, 0.717) is 17.0 Å². The number of benzene rings is 1. The largest absolute Gasteiger partial charge is 0.458 e. The fourth-order valence-corrected chi connectivity index (χ4v) is 2.55. The van der Waals surface area contributed by atoms with Gasteiger partial charge in [0.15, 0.2) is 0 Å². The molecule has 2 N–H and O–H groups in total. The van der Waals surface area contributed by atoms with Gasteiger partial charge in [0.05, 0.1) is 5.69 Å². The highest BCUT2D eigenvalue weighted by Crippen LogP contribution is 2.06. The number of esters is 1. The lowest BCUT2D eigenvalue weighted by molar-refractivity contribution is -0.146. The first kappa shape index (κ1) is 19.1. The Labute approximate surface area is 161 Å². The van der Waals surface area contributed by atoms with Gasteiger partial charge in [0, 0.05) is 18.0 Å². The number of hydrogen-bond donors (Lipinski definition) is 2. The Bertz CT molecular complexity index is 1060. The Morgan fingerprint density at radius 3 is 2.68 bits per heavy atom. The van der Waals surface area contributed by atoms with Crippen molar-refractivity contribution in [1.29, 1.82) is 0 Å². The fraction of sp³-hybridized carbons (Fsp3) is 0.200. The van der Waals surface area contributed by atoms with Crippen LogP contribution in [0.3, 0.4) is 0 Å². The van der Waals surface area contributed by atoms with Crippen LogP contribution in [-0.4, -0.2) is 27.4 Å². The lowest BCUT2D eigenvalue weighted by atomic mass is 10.3.